The van der Waals surface area contributed by atoms with E-state index in [1.165, 1.54) is 4.88 Å². The SMILES string of the molecule is C=CCN(CC=C)C(CC(=O)O)Cc1cccs1. The van der Waals surface area contributed by atoms with E-state index in [1.54, 1.807) is 23.5 Å². The van der Waals surface area contributed by atoms with Gasteiger partial charge in [0.15, 0.2) is 0 Å². The number of nitrogens with zero attached hydrogens (tertiary/aromatic N) is 1. The molecule has 0 aliphatic carbocycles. The summed E-state index contributed by atoms with van der Waals surface area (Å²) in [6.45, 7) is 8.79. The number of carboxylic acid groups (broad SMARTS) is 1. The van der Waals surface area contributed by atoms with Crippen molar-refractivity contribution in [2.75, 3.05) is 13.1 Å². The number of carboxylic acids is 1. The quantitative estimate of drug-likeness (QED) is 0.698. The maximum Gasteiger partial charge on any atom is 0.304 e. The van der Waals surface area contributed by atoms with Gasteiger partial charge in [-0.05, 0) is 17.9 Å². The highest BCUT2D eigenvalue weighted by atomic mass is 32.1. The van der Waals surface area contributed by atoms with Crippen LogP contribution in [0.4, 0.5) is 0 Å². The van der Waals surface area contributed by atoms with Crippen LogP contribution in [0, 0.1) is 0 Å². The third-order valence-corrected chi connectivity index (χ3v) is 3.57. The van der Waals surface area contributed by atoms with Crippen molar-refractivity contribution < 1.29 is 9.90 Å². The molecule has 0 spiro atoms. The fraction of sp³-hybridized carbons (Fsp3) is 0.357. The number of hydrogen-bond donors (Lipinski definition) is 1. The lowest BCUT2D eigenvalue weighted by Crippen LogP contribution is -2.38. The molecule has 1 aromatic rings. The Morgan fingerprint density at radius 3 is 2.56 bits per heavy atom. The van der Waals surface area contributed by atoms with Crippen molar-refractivity contribution in [3.8, 4) is 0 Å². The number of hydrogen-bond acceptors (Lipinski definition) is 3. The predicted octanol–water partition coefficient (Wildman–Crippen LogP) is 2.81. The molecule has 0 amide bonds. The smallest absolute Gasteiger partial charge is 0.304 e. The molecule has 1 heterocycles. The zero-order chi connectivity index (χ0) is 13.4. The zero-order valence-electron chi connectivity index (χ0n) is 10.4. The molecule has 98 valence electrons. The van der Waals surface area contributed by atoms with Gasteiger partial charge in [-0.15, -0.1) is 24.5 Å². The van der Waals surface area contributed by atoms with Gasteiger partial charge in [-0.25, -0.2) is 0 Å². The third-order valence-electron chi connectivity index (χ3n) is 2.67. The number of carbonyl (C=O) groups is 1. The van der Waals surface area contributed by atoms with E-state index in [1.807, 2.05) is 17.5 Å². The molecule has 0 saturated carbocycles. The van der Waals surface area contributed by atoms with E-state index in [0.717, 1.165) is 6.42 Å². The standard InChI is InChI=1S/C14H19NO2S/c1-3-7-15(8-4-2)12(11-14(16)17)10-13-6-5-9-18-13/h3-6,9,12H,1-2,7-8,10-11H2,(H,16,17). The molecule has 1 rings (SSSR count). The predicted molar refractivity (Wildman–Crippen MR) is 76.0 cm³/mol. The summed E-state index contributed by atoms with van der Waals surface area (Å²) in [5, 5.41) is 11.0. The van der Waals surface area contributed by atoms with Crippen LogP contribution in [0.1, 0.15) is 11.3 Å². The summed E-state index contributed by atoms with van der Waals surface area (Å²) in [4.78, 5) is 14.3. The molecule has 1 aromatic heterocycles. The van der Waals surface area contributed by atoms with Crippen molar-refractivity contribution in [2.24, 2.45) is 0 Å². The first-order valence-electron chi connectivity index (χ1n) is 5.87. The largest absolute Gasteiger partial charge is 0.481 e. The van der Waals surface area contributed by atoms with Crippen LogP contribution in [0.2, 0.25) is 0 Å². The van der Waals surface area contributed by atoms with Gasteiger partial charge >= 0.3 is 5.97 Å². The van der Waals surface area contributed by atoms with E-state index in [-0.39, 0.29) is 12.5 Å². The molecule has 4 heteroatoms. The third kappa shape index (κ3) is 4.85. The highest BCUT2D eigenvalue weighted by molar-refractivity contribution is 7.09. The minimum absolute atomic E-state index is 0.0165. The molecule has 18 heavy (non-hydrogen) atoms. The van der Waals surface area contributed by atoms with Crippen LogP contribution >= 0.6 is 11.3 Å². The van der Waals surface area contributed by atoms with Gasteiger partial charge in [0.05, 0.1) is 6.42 Å². The van der Waals surface area contributed by atoms with E-state index in [2.05, 4.69) is 18.1 Å². The molecule has 3 nitrogen and oxygen atoms in total. The molecule has 0 bridgehead atoms. The van der Waals surface area contributed by atoms with Crippen molar-refractivity contribution in [3.63, 3.8) is 0 Å². The Morgan fingerprint density at radius 1 is 1.44 bits per heavy atom. The van der Waals surface area contributed by atoms with Gasteiger partial charge in [0, 0.05) is 24.0 Å². The van der Waals surface area contributed by atoms with Crippen LogP contribution in [-0.4, -0.2) is 35.1 Å². The Balaban J connectivity index is 2.76. The average Bonchev–Trinajstić information content (AvgIpc) is 2.80. The van der Waals surface area contributed by atoms with Gasteiger partial charge in [-0.3, -0.25) is 9.69 Å². The average molecular weight is 265 g/mol. The molecule has 0 aromatic carbocycles. The van der Waals surface area contributed by atoms with E-state index in [9.17, 15) is 4.79 Å². The fourth-order valence-corrected chi connectivity index (χ4v) is 2.67. The van der Waals surface area contributed by atoms with Gasteiger partial charge < -0.3 is 5.11 Å². The number of aliphatic carboxylic acids is 1. The van der Waals surface area contributed by atoms with Crippen molar-refractivity contribution in [2.45, 2.75) is 18.9 Å². The molecular formula is C14H19NO2S. The van der Waals surface area contributed by atoms with Crippen LogP contribution in [-0.2, 0) is 11.2 Å². The lowest BCUT2D eigenvalue weighted by atomic mass is 10.1. The first-order chi connectivity index (χ1) is 8.67. The Labute approximate surface area is 112 Å². The monoisotopic (exact) mass is 265 g/mol. The minimum atomic E-state index is -0.769. The molecule has 0 aliphatic heterocycles. The van der Waals surface area contributed by atoms with Crippen molar-refractivity contribution >= 4 is 17.3 Å². The second-order valence-corrected chi connectivity index (χ2v) is 5.10. The van der Waals surface area contributed by atoms with Crippen LogP contribution in [0.5, 0.6) is 0 Å². The normalized spacial score (nSPS) is 12.3. The van der Waals surface area contributed by atoms with Gasteiger partial charge in [0.25, 0.3) is 0 Å². The molecular weight excluding hydrogens is 246 g/mol. The second kappa shape index (κ2) is 7.84. The molecule has 1 N–H and O–H groups in total. The van der Waals surface area contributed by atoms with Crippen molar-refractivity contribution in [1.82, 2.24) is 4.90 Å². The molecule has 1 atom stereocenters. The van der Waals surface area contributed by atoms with Crippen LogP contribution in [0.15, 0.2) is 42.8 Å². The maximum absolute atomic E-state index is 11.0. The van der Waals surface area contributed by atoms with Crippen LogP contribution in [0.3, 0.4) is 0 Å². The molecule has 1 unspecified atom stereocenters. The number of thiophene rings is 1. The Hall–Kier alpha value is -1.39. The fourth-order valence-electron chi connectivity index (χ4n) is 1.90. The van der Waals surface area contributed by atoms with Crippen LogP contribution < -0.4 is 0 Å². The summed E-state index contributed by atoms with van der Waals surface area (Å²) < 4.78 is 0. The molecule has 0 radical (unpaired) electrons. The molecule has 0 saturated heterocycles. The van der Waals surface area contributed by atoms with Crippen molar-refractivity contribution in [3.05, 3.63) is 47.7 Å². The highest BCUT2D eigenvalue weighted by Crippen LogP contribution is 2.17. The Bertz CT molecular complexity index is 377. The summed E-state index contributed by atoms with van der Waals surface area (Å²) in [5.41, 5.74) is 0. The molecule has 0 fully saturated rings. The Morgan fingerprint density at radius 2 is 2.11 bits per heavy atom. The van der Waals surface area contributed by atoms with Gasteiger partial charge in [0.2, 0.25) is 0 Å². The lowest BCUT2D eigenvalue weighted by Gasteiger charge is -2.28. The topological polar surface area (TPSA) is 40.5 Å². The summed E-state index contributed by atoms with van der Waals surface area (Å²) >= 11 is 1.66. The summed E-state index contributed by atoms with van der Waals surface area (Å²) in [7, 11) is 0. The van der Waals surface area contributed by atoms with Crippen LogP contribution in [0.25, 0.3) is 0 Å². The first kappa shape index (κ1) is 14.7. The van der Waals surface area contributed by atoms with Gasteiger partial charge in [0.1, 0.15) is 0 Å². The minimum Gasteiger partial charge on any atom is -0.481 e. The van der Waals surface area contributed by atoms with Crippen molar-refractivity contribution in [1.29, 1.82) is 0 Å². The lowest BCUT2D eigenvalue weighted by molar-refractivity contribution is -0.138. The Kier molecular flexibility index (Phi) is 6.39. The zero-order valence-corrected chi connectivity index (χ0v) is 11.2. The van der Waals surface area contributed by atoms with E-state index >= 15 is 0 Å². The van der Waals surface area contributed by atoms with E-state index < -0.39 is 5.97 Å². The van der Waals surface area contributed by atoms with E-state index in [0.29, 0.717) is 13.1 Å². The second-order valence-electron chi connectivity index (χ2n) is 4.07. The number of rotatable bonds is 9. The first-order valence-corrected chi connectivity index (χ1v) is 6.75. The van der Waals surface area contributed by atoms with Gasteiger partial charge in [-0.2, -0.15) is 0 Å². The summed E-state index contributed by atoms with van der Waals surface area (Å²) in [5.74, 6) is -0.769. The summed E-state index contributed by atoms with van der Waals surface area (Å²) in [6.07, 6.45) is 4.49. The van der Waals surface area contributed by atoms with Gasteiger partial charge in [-0.1, -0.05) is 18.2 Å². The summed E-state index contributed by atoms with van der Waals surface area (Å²) in [6, 6.07) is 4.01. The maximum atomic E-state index is 11.0. The molecule has 0 aliphatic rings. The highest BCUT2D eigenvalue weighted by Gasteiger charge is 2.20. The van der Waals surface area contributed by atoms with E-state index in [4.69, 9.17) is 5.11 Å².